The van der Waals surface area contributed by atoms with Gasteiger partial charge < -0.3 is 4.57 Å². The first kappa shape index (κ1) is 14.7. The maximum absolute atomic E-state index is 12.5. The average Bonchev–Trinajstić information content (AvgIpc) is 2.87. The number of rotatable bonds is 3. The topological polar surface area (TPSA) is 73.0 Å². The molecule has 0 unspecified atom stereocenters. The fourth-order valence-corrected chi connectivity index (χ4v) is 6.16. The third-order valence-corrected chi connectivity index (χ3v) is 8.02. The molecule has 0 bridgehead atoms. The highest BCUT2D eigenvalue weighted by molar-refractivity contribution is 7.90. The molecular weight excluding hydrogens is 326 g/mol. The van der Waals surface area contributed by atoms with Gasteiger partial charge in [0.15, 0.2) is 0 Å². The molecule has 2 aromatic heterocycles. The summed E-state index contributed by atoms with van der Waals surface area (Å²) < 4.78 is 30.8. The van der Waals surface area contributed by atoms with Crippen molar-refractivity contribution < 1.29 is 8.42 Å². The summed E-state index contributed by atoms with van der Waals surface area (Å²) in [5.41, 5.74) is 2.16. The van der Waals surface area contributed by atoms with E-state index in [2.05, 4.69) is 14.6 Å². The molecule has 4 heterocycles. The van der Waals surface area contributed by atoms with Gasteiger partial charge in [0.05, 0.1) is 23.3 Å². The smallest absolute Gasteiger partial charge is 0.217 e. The van der Waals surface area contributed by atoms with Gasteiger partial charge in [-0.05, 0) is 19.3 Å². The van der Waals surface area contributed by atoms with Crippen molar-refractivity contribution in [2.24, 2.45) is 12.5 Å². The van der Waals surface area contributed by atoms with Gasteiger partial charge in [-0.3, -0.25) is 4.68 Å². The minimum atomic E-state index is -3.07. The molecule has 8 heteroatoms. The lowest BCUT2D eigenvalue weighted by atomic mass is 9.86. The SMILES string of the molecule is Cn1cc(-c2cnc3n2C[C@@]2(CCN(S(=O)(=O)C4CC4)C2)C3)cn1. The van der Waals surface area contributed by atoms with Crippen molar-refractivity contribution in [2.75, 3.05) is 13.1 Å². The molecule has 1 atom stereocenters. The van der Waals surface area contributed by atoms with E-state index in [0.29, 0.717) is 13.1 Å². The summed E-state index contributed by atoms with van der Waals surface area (Å²) in [5, 5.41) is 4.13. The molecule has 0 radical (unpaired) electrons. The molecule has 2 aromatic rings. The van der Waals surface area contributed by atoms with E-state index in [4.69, 9.17) is 0 Å². The summed E-state index contributed by atoms with van der Waals surface area (Å²) in [7, 11) is -1.16. The van der Waals surface area contributed by atoms with Crippen LogP contribution in [0.3, 0.4) is 0 Å². The lowest BCUT2D eigenvalue weighted by molar-refractivity contribution is 0.297. The highest BCUT2D eigenvalue weighted by atomic mass is 32.2. The van der Waals surface area contributed by atoms with Gasteiger partial charge in [-0.1, -0.05) is 0 Å². The van der Waals surface area contributed by atoms with Crippen molar-refractivity contribution in [1.82, 2.24) is 23.6 Å². The Labute approximate surface area is 141 Å². The van der Waals surface area contributed by atoms with Crippen LogP contribution in [-0.4, -0.2) is 50.4 Å². The van der Waals surface area contributed by atoms with Gasteiger partial charge in [0.2, 0.25) is 10.0 Å². The molecule has 2 fully saturated rings. The van der Waals surface area contributed by atoms with E-state index in [1.54, 1.807) is 8.99 Å². The number of fused-ring (bicyclic) bond motifs is 1. The van der Waals surface area contributed by atoms with Crippen LogP contribution in [-0.2, 0) is 30.0 Å². The first-order valence-electron chi connectivity index (χ1n) is 8.49. The Balaban J connectivity index is 1.42. The van der Waals surface area contributed by atoms with E-state index in [0.717, 1.165) is 49.3 Å². The summed E-state index contributed by atoms with van der Waals surface area (Å²) in [5.74, 6) is 1.07. The van der Waals surface area contributed by atoms with Crippen molar-refractivity contribution in [3.63, 3.8) is 0 Å². The Morgan fingerprint density at radius 3 is 2.79 bits per heavy atom. The predicted molar refractivity (Wildman–Crippen MR) is 88.7 cm³/mol. The van der Waals surface area contributed by atoms with Gasteiger partial charge in [0.1, 0.15) is 5.82 Å². The number of imidazole rings is 1. The van der Waals surface area contributed by atoms with Crippen LogP contribution in [0.4, 0.5) is 0 Å². The van der Waals surface area contributed by atoms with Crippen LogP contribution in [0.15, 0.2) is 18.6 Å². The first-order chi connectivity index (χ1) is 11.5. The summed E-state index contributed by atoms with van der Waals surface area (Å²) in [6, 6.07) is 0. The number of sulfonamides is 1. The Morgan fingerprint density at radius 1 is 1.25 bits per heavy atom. The van der Waals surface area contributed by atoms with E-state index >= 15 is 0 Å². The minimum absolute atomic E-state index is 0.0164. The fraction of sp³-hybridized carbons (Fsp3) is 0.625. The molecule has 128 valence electrons. The van der Waals surface area contributed by atoms with Crippen LogP contribution >= 0.6 is 0 Å². The Hall–Kier alpha value is -1.67. The zero-order valence-corrected chi connectivity index (χ0v) is 14.5. The van der Waals surface area contributed by atoms with Crippen molar-refractivity contribution in [3.8, 4) is 11.3 Å². The maximum atomic E-state index is 12.5. The van der Waals surface area contributed by atoms with Gasteiger partial charge in [-0.2, -0.15) is 5.10 Å². The Kier molecular flexibility index (Phi) is 2.87. The first-order valence-corrected chi connectivity index (χ1v) is 10.00. The lowest BCUT2D eigenvalue weighted by Crippen LogP contribution is -2.35. The average molecular weight is 347 g/mol. The van der Waals surface area contributed by atoms with Gasteiger partial charge in [-0.15, -0.1) is 0 Å². The number of aryl methyl sites for hydroxylation is 1. The monoisotopic (exact) mass is 347 g/mol. The van der Waals surface area contributed by atoms with Crippen LogP contribution in [0.2, 0.25) is 0 Å². The van der Waals surface area contributed by atoms with Crippen LogP contribution in [0.25, 0.3) is 11.3 Å². The standard InChI is InChI=1S/C16H21N5O2S/c1-19-9-12(7-18-19)14-8-17-15-6-16(11-21(14)15)4-5-20(10-16)24(22,23)13-2-3-13/h7-9,13H,2-6,10-11H2,1H3/t16-/m0/s1. The molecule has 0 N–H and O–H groups in total. The van der Waals surface area contributed by atoms with E-state index in [-0.39, 0.29) is 10.7 Å². The Morgan fingerprint density at radius 2 is 2.08 bits per heavy atom. The van der Waals surface area contributed by atoms with Crippen LogP contribution < -0.4 is 0 Å². The molecule has 3 aliphatic rings. The summed E-state index contributed by atoms with van der Waals surface area (Å²) in [6.45, 7) is 2.15. The summed E-state index contributed by atoms with van der Waals surface area (Å²) in [4.78, 5) is 4.59. The minimum Gasteiger partial charge on any atom is -0.327 e. The highest BCUT2D eigenvalue weighted by Crippen LogP contribution is 2.45. The van der Waals surface area contributed by atoms with Crippen LogP contribution in [0.5, 0.6) is 0 Å². The second-order valence-electron chi connectivity index (χ2n) is 7.55. The zero-order valence-electron chi connectivity index (χ0n) is 13.7. The predicted octanol–water partition coefficient (Wildman–Crippen LogP) is 1.02. The number of aromatic nitrogens is 4. The van der Waals surface area contributed by atoms with E-state index in [1.165, 1.54) is 0 Å². The normalized spacial score (nSPS) is 27.2. The second-order valence-corrected chi connectivity index (χ2v) is 9.77. The van der Waals surface area contributed by atoms with E-state index in [1.807, 2.05) is 25.6 Å². The lowest BCUT2D eigenvalue weighted by Gasteiger charge is -2.23. The third-order valence-electron chi connectivity index (χ3n) is 5.67. The van der Waals surface area contributed by atoms with Crippen molar-refractivity contribution >= 4 is 10.0 Å². The maximum Gasteiger partial charge on any atom is 0.217 e. The van der Waals surface area contributed by atoms with Gasteiger partial charge >= 0.3 is 0 Å². The molecule has 2 aliphatic heterocycles. The van der Waals surface area contributed by atoms with E-state index in [9.17, 15) is 8.42 Å². The number of nitrogens with zero attached hydrogens (tertiary/aromatic N) is 5. The quantitative estimate of drug-likeness (QED) is 0.831. The van der Waals surface area contributed by atoms with Gasteiger partial charge in [-0.25, -0.2) is 17.7 Å². The molecule has 0 aromatic carbocycles. The number of hydrogen-bond donors (Lipinski definition) is 0. The van der Waals surface area contributed by atoms with Crippen molar-refractivity contribution in [2.45, 2.75) is 37.5 Å². The fourth-order valence-electron chi connectivity index (χ4n) is 4.20. The molecule has 0 amide bonds. The van der Waals surface area contributed by atoms with Crippen molar-refractivity contribution in [1.29, 1.82) is 0 Å². The van der Waals surface area contributed by atoms with Gasteiger partial charge in [0, 0.05) is 50.3 Å². The molecule has 1 spiro atoms. The van der Waals surface area contributed by atoms with Gasteiger partial charge in [0.25, 0.3) is 0 Å². The molecule has 24 heavy (non-hydrogen) atoms. The molecule has 7 nitrogen and oxygen atoms in total. The third kappa shape index (κ3) is 2.09. The highest BCUT2D eigenvalue weighted by Gasteiger charge is 2.50. The van der Waals surface area contributed by atoms with E-state index < -0.39 is 10.0 Å². The molecular formula is C16H21N5O2S. The zero-order chi connectivity index (χ0) is 16.5. The summed E-state index contributed by atoms with van der Waals surface area (Å²) >= 11 is 0. The molecule has 5 rings (SSSR count). The molecule has 1 saturated heterocycles. The molecule has 1 aliphatic carbocycles. The summed E-state index contributed by atoms with van der Waals surface area (Å²) in [6.07, 6.45) is 9.21. The second kappa shape index (κ2) is 4.70. The van der Waals surface area contributed by atoms with Crippen LogP contribution in [0.1, 0.15) is 25.1 Å². The Bertz CT molecular complexity index is 911. The largest absolute Gasteiger partial charge is 0.327 e. The van der Waals surface area contributed by atoms with Crippen LogP contribution in [0, 0.1) is 5.41 Å². The number of hydrogen-bond acceptors (Lipinski definition) is 4. The van der Waals surface area contributed by atoms with Crippen molar-refractivity contribution in [3.05, 3.63) is 24.4 Å². The molecule has 1 saturated carbocycles.